The van der Waals surface area contributed by atoms with E-state index in [1.54, 1.807) is 0 Å². The minimum Gasteiger partial charge on any atom is -0.298 e. The second-order valence-electron chi connectivity index (χ2n) is 6.31. The third-order valence-corrected chi connectivity index (χ3v) is 4.60. The molecule has 24 heavy (non-hydrogen) atoms. The van der Waals surface area contributed by atoms with Gasteiger partial charge in [-0.05, 0) is 59.1 Å². The van der Waals surface area contributed by atoms with Gasteiger partial charge in [-0.25, -0.2) is 4.63 Å². The zero-order valence-electron chi connectivity index (χ0n) is 13.6. The zero-order chi connectivity index (χ0) is 16.2. The summed E-state index contributed by atoms with van der Waals surface area (Å²) in [5.41, 5.74) is 4.24. The van der Waals surface area contributed by atoms with Crippen molar-refractivity contribution in [3.63, 3.8) is 0 Å². The molecule has 6 heteroatoms. The highest BCUT2D eigenvalue weighted by Gasteiger charge is 2.17. The van der Waals surface area contributed by atoms with Gasteiger partial charge in [-0.2, -0.15) is 0 Å². The van der Waals surface area contributed by atoms with Gasteiger partial charge in [0.1, 0.15) is 11.0 Å². The highest BCUT2D eigenvalue weighted by Crippen LogP contribution is 2.18. The largest absolute Gasteiger partial charge is 0.298 e. The summed E-state index contributed by atoms with van der Waals surface area (Å²) in [4.78, 5) is 9.11. The van der Waals surface area contributed by atoms with Crippen LogP contribution in [0.2, 0.25) is 0 Å². The van der Waals surface area contributed by atoms with Crippen LogP contribution in [0, 0.1) is 0 Å². The van der Waals surface area contributed by atoms with Crippen molar-refractivity contribution < 1.29 is 4.63 Å². The Bertz CT molecular complexity index is 788. The predicted octanol–water partition coefficient (Wildman–Crippen LogP) is 2.33. The number of hydrogen-bond donors (Lipinski definition) is 0. The fourth-order valence-corrected chi connectivity index (χ4v) is 3.32. The van der Waals surface area contributed by atoms with Crippen LogP contribution in [0.4, 0.5) is 0 Å². The molecule has 0 aliphatic carbocycles. The summed E-state index contributed by atoms with van der Waals surface area (Å²) in [5.74, 6) is 0. The maximum absolute atomic E-state index is 4.87. The summed E-state index contributed by atoms with van der Waals surface area (Å²) in [6, 6.07) is 10.3. The Labute approximate surface area is 141 Å². The SMILES string of the molecule is c1cc(CN2CCCN(Cc3ccncc3)CC2)c2nonc2c1. The zero-order valence-corrected chi connectivity index (χ0v) is 13.6. The Morgan fingerprint density at radius 1 is 0.875 bits per heavy atom. The second kappa shape index (κ2) is 7.07. The monoisotopic (exact) mass is 323 g/mol. The minimum absolute atomic E-state index is 0.835. The van der Waals surface area contributed by atoms with E-state index in [1.165, 1.54) is 17.5 Å². The van der Waals surface area contributed by atoms with Gasteiger partial charge >= 0.3 is 0 Å². The van der Waals surface area contributed by atoms with Crippen LogP contribution < -0.4 is 0 Å². The van der Waals surface area contributed by atoms with Gasteiger partial charge in [-0.15, -0.1) is 0 Å². The van der Waals surface area contributed by atoms with Crippen molar-refractivity contribution in [2.24, 2.45) is 0 Å². The molecule has 3 heterocycles. The summed E-state index contributed by atoms with van der Waals surface area (Å²) < 4.78 is 4.87. The Balaban J connectivity index is 1.39. The first-order chi connectivity index (χ1) is 11.9. The molecule has 0 atom stereocenters. The maximum Gasteiger partial charge on any atom is 0.139 e. The molecule has 1 fully saturated rings. The molecule has 0 bridgehead atoms. The molecule has 0 spiro atoms. The third-order valence-electron chi connectivity index (χ3n) is 4.60. The maximum atomic E-state index is 4.87. The smallest absolute Gasteiger partial charge is 0.139 e. The summed E-state index contributed by atoms with van der Waals surface area (Å²) in [6.45, 7) is 6.28. The number of benzene rings is 1. The van der Waals surface area contributed by atoms with Crippen molar-refractivity contribution in [3.05, 3.63) is 53.9 Å². The predicted molar refractivity (Wildman–Crippen MR) is 91.2 cm³/mol. The Hall–Kier alpha value is -2.31. The van der Waals surface area contributed by atoms with Crippen LogP contribution in [0.15, 0.2) is 47.4 Å². The molecule has 3 aromatic rings. The molecule has 4 rings (SSSR count). The van der Waals surface area contributed by atoms with E-state index in [-0.39, 0.29) is 0 Å². The standard InChI is InChI=1S/C18H21N5O/c1-3-16(18-17(4-1)20-24-21-18)14-23-10-2-9-22(11-12-23)13-15-5-7-19-8-6-15/h1,3-8H,2,9-14H2. The molecule has 0 unspecified atom stereocenters. The Kier molecular flexibility index (Phi) is 4.49. The number of fused-ring (bicyclic) bond motifs is 1. The molecule has 0 radical (unpaired) electrons. The van der Waals surface area contributed by atoms with Gasteiger partial charge in [0.05, 0.1) is 0 Å². The molecule has 6 nitrogen and oxygen atoms in total. The Morgan fingerprint density at radius 3 is 2.50 bits per heavy atom. The van der Waals surface area contributed by atoms with Gasteiger partial charge in [-0.1, -0.05) is 12.1 Å². The fraction of sp³-hybridized carbons (Fsp3) is 0.389. The summed E-state index contributed by atoms with van der Waals surface area (Å²) in [6.07, 6.45) is 4.91. The van der Waals surface area contributed by atoms with E-state index in [9.17, 15) is 0 Å². The highest BCUT2D eigenvalue weighted by atomic mass is 16.6. The van der Waals surface area contributed by atoms with Gasteiger partial charge in [0, 0.05) is 38.6 Å². The second-order valence-corrected chi connectivity index (χ2v) is 6.31. The van der Waals surface area contributed by atoms with E-state index in [0.29, 0.717) is 0 Å². The van der Waals surface area contributed by atoms with Crippen molar-refractivity contribution in [2.75, 3.05) is 26.2 Å². The summed E-state index contributed by atoms with van der Waals surface area (Å²) in [5, 5.41) is 7.98. The van der Waals surface area contributed by atoms with Gasteiger partial charge < -0.3 is 0 Å². The average molecular weight is 323 g/mol. The summed E-state index contributed by atoms with van der Waals surface area (Å²) >= 11 is 0. The number of pyridine rings is 1. The average Bonchev–Trinajstić information content (AvgIpc) is 3.00. The van der Waals surface area contributed by atoms with Crippen LogP contribution >= 0.6 is 0 Å². The topological polar surface area (TPSA) is 58.3 Å². The van der Waals surface area contributed by atoms with E-state index in [0.717, 1.165) is 50.3 Å². The van der Waals surface area contributed by atoms with Crippen molar-refractivity contribution in [1.29, 1.82) is 0 Å². The van der Waals surface area contributed by atoms with Crippen molar-refractivity contribution in [3.8, 4) is 0 Å². The first-order valence-electron chi connectivity index (χ1n) is 8.42. The van der Waals surface area contributed by atoms with Gasteiger partial charge in [-0.3, -0.25) is 14.8 Å². The number of aromatic nitrogens is 3. The van der Waals surface area contributed by atoms with Crippen LogP contribution in [-0.4, -0.2) is 51.3 Å². The van der Waals surface area contributed by atoms with Crippen LogP contribution in [-0.2, 0) is 13.1 Å². The van der Waals surface area contributed by atoms with E-state index < -0.39 is 0 Å². The third kappa shape index (κ3) is 3.44. The highest BCUT2D eigenvalue weighted by molar-refractivity contribution is 5.76. The molecule has 1 aromatic carbocycles. The van der Waals surface area contributed by atoms with Gasteiger partial charge in [0.15, 0.2) is 0 Å². The minimum atomic E-state index is 0.835. The molecular weight excluding hydrogens is 302 g/mol. The first-order valence-corrected chi connectivity index (χ1v) is 8.42. The van der Waals surface area contributed by atoms with Crippen LogP contribution in [0.1, 0.15) is 17.5 Å². The quantitative estimate of drug-likeness (QED) is 0.734. The van der Waals surface area contributed by atoms with E-state index >= 15 is 0 Å². The molecule has 2 aromatic heterocycles. The van der Waals surface area contributed by atoms with Crippen molar-refractivity contribution in [1.82, 2.24) is 25.1 Å². The molecule has 0 amide bonds. The van der Waals surface area contributed by atoms with Gasteiger partial charge in [0.2, 0.25) is 0 Å². The lowest BCUT2D eigenvalue weighted by Gasteiger charge is -2.21. The van der Waals surface area contributed by atoms with E-state index in [4.69, 9.17) is 4.63 Å². The molecule has 0 N–H and O–H groups in total. The lowest BCUT2D eigenvalue weighted by atomic mass is 10.1. The molecule has 0 saturated carbocycles. The fourth-order valence-electron chi connectivity index (χ4n) is 3.32. The number of nitrogens with zero attached hydrogens (tertiary/aromatic N) is 5. The number of rotatable bonds is 4. The number of hydrogen-bond acceptors (Lipinski definition) is 6. The molecule has 1 aliphatic heterocycles. The lowest BCUT2D eigenvalue weighted by Crippen LogP contribution is -2.30. The van der Waals surface area contributed by atoms with Crippen LogP contribution in [0.3, 0.4) is 0 Å². The van der Waals surface area contributed by atoms with Crippen LogP contribution in [0.5, 0.6) is 0 Å². The van der Waals surface area contributed by atoms with Crippen molar-refractivity contribution >= 4 is 11.0 Å². The Morgan fingerprint density at radius 2 is 1.67 bits per heavy atom. The molecule has 1 saturated heterocycles. The first kappa shape index (κ1) is 15.2. The van der Waals surface area contributed by atoms with Gasteiger partial charge in [0.25, 0.3) is 0 Å². The molecule has 1 aliphatic rings. The normalized spacial score (nSPS) is 17.2. The summed E-state index contributed by atoms with van der Waals surface area (Å²) in [7, 11) is 0. The lowest BCUT2D eigenvalue weighted by molar-refractivity contribution is 0.247. The molecule has 124 valence electrons. The van der Waals surface area contributed by atoms with E-state index in [1.807, 2.05) is 24.5 Å². The van der Waals surface area contributed by atoms with E-state index in [2.05, 4.69) is 43.3 Å². The van der Waals surface area contributed by atoms with Crippen LogP contribution in [0.25, 0.3) is 11.0 Å². The molecular formula is C18H21N5O. The van der Waals surface area contributed by atoms with Crippen molar-refractivity contribution in [2.45, 2.75) is 19.5 Å².